The molecule has 2 aliphatic rings. The molecular formula is C17H16N2O. The minimum Gasteiger partial charge on any atom is -0.278 e. The summed E-state index contributed by atoms with van der Waals surface area (Å²) in [4.78, 5) is 12.4. The molecule has 0 aromatic heterocycles. The Morgan fingerprint density at radius 2 is 1.55 bits per heavy atom. The van der Waals surface area contributed by atoms with Crippen LogP contribution in [-0.2, 0) is 17.6 Å². The number of fused-ring (bicyclic) bond motifs is 2. The van der Waals surface area contributed by atoms with Crippen molar-refractivity contribution in [1.29, 1.82) is 0 Å². The minimum atomic E-state index is 0.169. The number of rotatable bonds is 1. The number of aryl methyl sites for hydroxylation is 1. The molecular weight excluding hydrogens is 248 g/mol. The van der Waals surface area contributed by atoms with Crippen molar-refractivity contribution in [2.45, 2.75) is 19.3 Å². The lowest BCUT2D eigenvalue weighted by molar-refractivity contribution is -0.117. The summed E-state index contributed by atoms with van der Waals surface area (Å²) in [5.74, 6) is 0.169. The summed E-state index contributed by atoms with van der Waals surface area (Å²) in [5, 5.41) is 4.01. The maximum absolute atomic E-state index is 12.4. The first kappa shape index (κ1) is 11.5. The van der Waals surface area contributed by atoms with Crippen LogP contribution in [0.5, 0.6) is 0 Å². The van der Waals surface area contributed by atoms with Crippen molar-refractivity contribution in [3.63, 3.8) is 0 Å². The molecule has 2 aliphatic heterocycles. The molecule has 0 atom stereocenters. The summed E-state index contributed by atoms with van der Waals surface area (Å²) in [6.45, 7) is 0.900. The first-order chi connectivity index (χ1) is 9.84. The first-order valence-electron chi connectivity index (χ1n) is 7.11. The van der Waals surface area contributed by atoms with Crippen molar-refractivity contribution < 1.29 is 4.79 Å². The Kier molecular flexibility index (Phi) is 2.52. The SMILES string of the molecule is O=C1Cc2ccccc2N1N1CCCc2ccccc21. The average molecular weight is 264 g/mol. The average Bonchev–Trinajstić information content (AvgIpc) is 2.82. The number of hydrazine groups is 1. The summed E-state index contributed by atoms with van der Waals surface area (Å²) in [6.07, 6.45) is 2.69. The van der Waals surface area contributed by atoms with E-state index in [1.165, 1.54) is 11.3 Å². The predicted octanol–water partition coefficient (Wildman–Crippen LogP) is 2.94. The third-order valence-electron chi connectivity index (χ3n) is 4.12. The van der Waals surface area contributed by atoms with Gasteiger partial charge in [-0.2, -0.15) is 0 Å². The second-order valence-corrected chi connectivity index (χ2v) is 5.37. The number of nitrogens with zero attached hydrogens (tertiary/aromatic N) is 2. The molecule has 2 heterocycles. The molecule has 3 heteroatoms. The van der Waals surface area contributed by atoms with Gasteiger partial charge in [-0.05, 0) is 36.1 Å². The Morgan fingerprint density at radius 1 is 0.850 bits per heavy atom. The van der Waals surface area contributed by atoms with E-state index in [1.54, 1.807) is 0 Å². The Labute approximate surface area is 118 Å². The number of para-hydroxylation sites is 2. The number of carbonyl (C=O) groups is 1. The van der Waals surface area contributed by atoms with E-state index in [-0.39, 0.29) is 5.91 Å². The number of anilines is 2. The summed E-state index contributed by atoms with van der Waals surface area (Å²) in [6, 6.07) is 16.5. The van der Waals surface area contributed by atoms with Crippen molar-refractivity contribution in [2.24, 2.45) is 0 Å². The number of benzene rings is 2. The second kappa shape index (κ2) is 4.37. The van der Waals surface area contributed by atoms with Crippen LogP contribution in [0.2, 0.25) is 0 Å². The number of hydrogen-bond acceptors (Lipinski definition) is 2. The summed E-state index contributed by atoms with van der Waals surface area (Å²) < 4.78 is 0. The molecule has 2 aromatic carbocycles. The van der Waals surface area contributed by atoms with Crippen molar-refractivity contribution in [3.8, 4) is 0 Å². The van der Waals surface area contributed by atoms with Crippen molar-refractivity contribution in [1.82, 2.24) is 0 Å². The normalized spacial score (nSPS) is 17.1. The highest BCUT2D eigenvalue weighted by Crippen LogP contribution is 2.35. The van der Waals surface area contributed by atoms with Gasteiger partial charge in [-0.1, -0.05) is 36.4 Å². The van der Waals surface area contributed by atoms with Crippen LogP contribution < -0.4 is 10.0 Å². The maximum atomic E-state index is 12.4. The van der Waals surface area contributed by atoms with Crippen LogP contribution in [0.4, 0.5) is 11.4 Å². The van der Waals surface area contributed by atoms with E-state index < -0.39 is 0 Å². The standard InChI is InChI=1S/C17H16N2O/c20-17-12-14-7-2-4-10-16(14)19(17)18-11-5-8-13-6-1-3-9-15(13)18/h1-4,6-7,9-10H,5,8,11-12H2. The fourth-order valence-corrected chi connectivity index (χ4v) is 3.23. The van der Waals surface area contributed by atoms with Crippen LogP contribution in [0.1, 0.15) is 17.5 Å². The Bertz CT molecular complexity index is 680. The van der Waals surface area contributed by atoms with Crippen molar-refractivity contribution in [2.75, 3.05) is 16.6 Å². The first-order valence-corrected chi connectivity index (χ1v) is 7.11. The molecule has 0 bridgehead atoms. The number of amides is 1. The van der Waals surface area contributed by atoms with Gasteiger partial charge in [-0.3, -0.25) is 9.80 Å². The molecule has 20 heavy (non-hydrogen) atoms. The Hall–Kier alpha value is -2.29. The highest BCUT2D eigenvalue weighted by molar-refractivity contribution is 6.03. The zero-order chi connectivity index (χ0) is 13.5. The molecule has 4 rings (SSSR count). The molecule has 1 amide bonds. The molecule has 100 valence electrons. The van der Waals surface area contributed by atoms with Crippen molar-refractivity contribution in [3.05, 3.63) is 59.7 Å². The van der Waals surface area contributed by atoms with Crippen LogP contribution in [-0.4, -0.2) is 12.5 Å². The van der Waals surface area contributed by atoms with Crippen LogP contribution in [0.25, 0.3) is 0 Å². The van der Waals surface area contributed by atoms with Gasteiger partial charge in [0.25, 0.3) is 0 Å². The van der Waals surface area contributed by atoms with Gasteiger partial charge in [0.15, 0.2) is 0 Å². The third-order valence-corrected chi connectivity index (χ3v) is 4.12. The largest absolute Gasteiger partial charge is 0.278 e. The minimum absolute atomic E-state index is 0.169. The van der Waals surface area contributed by atoms with Crippen LogP contribution in [0, 0.1) is 0 Å². The molecule has 0 N–H and O–H groups in total. The molecule has 2 aromatic rings. The van der Waals surface area contributed by atoms with Gasteiger partial charge in [0.05, 0.1) is 17.8 Å². The molecule has 0 fully saturated rings. The molecule has 0 radical (unpaired) electrons. The molecule has 3 nitrogen and oxygen atoms in total. The Morgan fingerprint density at radius 3 is 2.40 bits per heavy atom. The zero-order valence-electron chi connectivity index (χ0n) is 11.2. The van der Waals surface area contributed by atoms with E-state index in [9.17, 15) is 4.79 Å². The van der Waals surface area contributed by atoms with Crippen molar-refractivity contribution >= 4 is 17.3 Å². The molecule has 0 saturated carbocycles. The highest BCUT2D eigenvalue weighted by atomic mass is 16.2. The van der Waals surface area contributed by atoms with E-state index in [0.717, 1.165) is 30.6 Å². The van der Waals surface area contributed by atoms with E-state index in [1.807, 2.05) is 35.3 Å². The highest BCUT2D eigenvalue weighted by Gasteiger charge is 2.33. The number of hydrogen-bond donors (Lipinski definition) is 0. The lowest BCUT2D eigenvalue weighted by atomic mass is 10.0. The quantitative estimate of drug-likeness (QED) is 0.790. The van der Waals surface area contributed by atoms with Gasteiger partial charge in [-0.25, -0.2) is 5.01 Å². The monoisotopic (exact) mass is 264 g/mol. The fourth-order valence-electron chi connectivity index (χ4n) is 3.23. The van der Waals surface area contributed by atoms with E-state index in [4.69, 9.17) is 0 Å². The summed E-state index contributed by atoms with van der Waals surface area (Å²) in [7, 11) is 0. The Balaban J connectivity index is 1.81. The lowest BCUT2D eigenvalue weighted by Gasteiger charge is -2.38. The van der Waals surface area contributed by atoms with E-state index >= 15 is 0 Å². The fraction of sp³-hybridized carbons (Fsp3) is 0.235. The van der Waals surface area contributed by atoms with Gasteiger partial charge < -0.3 is 0 Å². The summed E-state index contributed by atoms with van der Waals surface area (Å²) >= 11 is 0. The maximum Gasteiger partial charge on any atom is 0.250 e. The topological polar surface area (TPSA) is 23.6 Å². The third kappa shape index (κ3) is 1.63. The molecule has 0 unspecified atom stereocenters. The van der Waals surface area contributed by atoms with Gasteiger partial charge in [0.1, 0.15) is 0 Å². The lowest BCUT2D eigenvalue weighted by Crippen LogP contribution is -2.47. The van der Waals surface area contributed by atoms with Crippen LogP contribution in [0.15, 0.2) is 48.5 Å². The summed E-state index contributed by atoms with van der Waals surface area (Å²) in [5.41, 5.74) is 4.66. The van der Waals surface area contributed by atoms with Crippen LogP contribution >= 0.6 is 0 Å². The zero-order valence-corrected chi connectivity index (χ0v) is 11.2. The van der Waals surface area contributed by atoms with E-state index in [0.29, 0.717) is 6.42 Å². The molecule has 0 saturated heterocycles. The van der Waals surface area contributed by atoms with E-state index in [2.05, 4.69) is 23.2 Å². The smallest absolute Gasteiger partial charge is 0.250 e. The van der Waals surface area contributed by atoms with Gasteiger partial charge in [0.2, 0.25) is 5.91 Å². The van der Waals surface area contributed by atoms with Gasteiger partial charge in [0, 0.05) is 6.54 Å². The predicted molar refractivity (Wildman–Crippen MR) is 79.7 cm³/mol. The van der Waals surface area contributed by atoms with Gasteiger partial charge >= 0.3 is 0 Å². The second-order valence-electron chi connectivity index (χ2n) is 5.37. The van der Waals surface area contributed by atoms with Gasteiger partial charge in [-0.15, -0.1) is 0 Å². The van der Waals surface area contributed by atoms with Crippen LogP contribution in [0.3, 0.4) is 0 Å². The molecule has 0 aliphatic carbocycles. The molecule has 0 spiro atoms. The number of carbonyl (C=O) groups excluding carboxylic acids is 1.